The SMILES string of the molecule is CCCC[C@](C)(O)CC=C[C@@H]1[C@H]2CC(CNCCCN(C)C)=C[C@H]2C[C@H]1O. The number of hydrogen-bond donors (Lipinski definition) is 3. The second-order valence-corrected chi connectivity index (χ2v) is 9.30. The maximum Gasteiger partial charge on any atom is 0.0654 e. The van der Waals surface area contributed by atoms with Crippen LogP contribution in [0.3, 0.4) is 0 Å². The summed E-state index contributed by atoms with van der Waals surface area (Å²) >= 11 is 0. The van der Waals surface area contributed by atoms with Crippen molar-refractivity contribution in [3.8, 4) is 0 Å². The van der Waals surface area contributed by atoms with Crippen molar-refractivity contribution in [2.24, 2.45) is 17.8 Å². The predicted octanol–water partition coefficient (Wildman–Crippen LogP) is 3.36. The van der Waals surface area contributed by atoms with Gasteiger partial charge < -0.3 is 20.4 Å². The van der Waals surface area contributed by atoms with Crippen molar-refractivity contribution >= 4 is 0 Å². The molecule has 0 heterocycles. The highest BCUT2D eigenvalue weighted by atomic mass is 16.3. The Bertz CT molecular complexity index is 499. The average Bonchev–Trinajstić information content (AvgIpc) is 3.10. The first kappa shape index (κ1) is 22.6. The van der Waals surface area contributed by atoms with Gasteiger partial charge in [0.25, 0.3) is 0 Å². The molecule has 0 aliphatic heterocycles. The van der Waals surface area contributed by atoms with Crippen LogP contribution in [0.15, 0.2) is 23.8 Å². The molecule has 0 unspecified atom stereocenters. The van der Waals surface area contributed by atoms with Crippen molar-refractivity contribution < 1.29 is 10.2 Å². The van der Waals surface area contributed by atoms with Gasteiger partial charge in [0.15, 0.2) is 0 Å². The minimum absolute atomic E-state index is 0.234. The number of fused-ring (bicyclic) bond motifs is 1. The van der Waals surface area contributed by atoms with Gasteiger partial charge in [0.1, 0.15) is 0 Å². The van der Waals surface area contributed by atoms with Crippen molar-refractivity contribution in [1.82, 2.24) is 10.2 Å². The Balaban J connectivity index is 1.77. The van der Waals surface area contributed by atoms with Gasteiger partial charge >= 0.3 is 0 Å². The Hall–Kier alpha value is -0.680. The smallest absolute Gasteiger partial charge is 0.0654 e. The molecule has 0 bridgehead atoms. The molecule has 1 saturated carbocycles. The number of nitrogens with one attached hydrogen (secondary N) is 1. The molecule has 156 valence electrons. The summed E-state index contributed by atoms with van der Waals surface area (Å²) in [5, 5.41) is 24.5. The van der Waals surface area contributed by atoms with Crippen LogP contribution in [0.25, 0.3) is 0 Å². The fraction of sp³-hybridized carbons (Fsp3) is 0.826. The molecule has 4 nitrogen and oxygen atoms in total. The van der Waals surface area contributed by atoms with Crippen LogP contribution in [0.5, 0.6) is 0 Å². The third-order valence-electron chi connectivity index (χ3n) is 6.25. The number of aliphatic hydroxyl groups excluding tert-OH is 1. The number of nitrogens with zero attached hydrogens (tertiary/aromatic N) is 1. The monoisotopic (exact) mass is 378 g/mol. The Kier molecular flexibility index (Phi) is 9.00. The highest BCUT2D eigenvalue weighted by Crippen LogP contribution is 2.47. The van der Waals surface area contributed by atoms with Gasteiger partial charge in [-0.25, -0.2) is 0 Å². The van der Waals surface area contributed by atoms with Crippen LogP contribution in [-0.2, 0) is 0 Å². The van der Waals surface area contributed by atoms with Crippen molar-refractivity contribution in [2.75, 3.05) is 33.7 Å². The Labute approximate surface area is 166 Å². The molecule has 2 rings (SSSR count). The quantitative estimate of drug-likeness (QED) is 0.360. The zero-order chi connectivity index (χ0) is 19.9. The highest BCUT2D eigenvalue weighted by Gasteiger charge is 2.43. The lowest BCUT2D eigenvalue weighted by Gasteiger charge is -2.22. The Morgan fingerprint density at radius 3 is 2.81 bits per heavy atom. The molecule has 0 aromatic heterocycles. The number of hydrogen-bond acceptors (Lipinski definition) is 4. The first-order valence-electron chi connectivity index (χ1n) is 10.9. The Morgan fingerprint density at radius 2 is 2.11 bits per heavy atom. The fourth-order valence-electron chi connectivity index (χ4n) is 4.64. The van der Waals surface area contributed by atoms with Crippen molar-refractivity contribution in [3.63, 3.8) is 0 Å². The molecule has 27 heavy (non-hydrogen) atoms. The standard InChI is InChI=1S/C23H42N2O2/c1-5-6-10-23(2,27)11-7-9-20-21-15-18(14-19(21)16-22(20)26)17-24-12-8-13-25(3)4/h7,9,14,19-22,24,26-27H,5-6,8,10-13,15-17H2,1-4H3/t19-,20+,21-,22+,23-/m0/s1. The van der Waals surface area contributed by atoms with E-state index in [4.69, 9.17) is 0 Å². The summed E-state index contributed by atoms with van der Waals surface area (Å²) in [5.74, 6) is 1.30. The molecule has 2 aliphatic rings. The molecule has 3 N–H and O–H groups in total. The van der Waals surface area contributed by atoms with Crippen molar-refractivity contribution in [3.05, 3.63) is 23.8 Å². The molecule has 2 aliphatic carbocycles. The lowest BCUT2D eigenvalue weighted by atomic mass is 9.88. The molecule has 0 aromatic carbocycles. The van der Waals surface area contributed by atoms with E-state index < -0.39 is 5.60 Å². The van der Waals surface area contributed by atoms with Gasteiger partial charge in [0, 0.05) is 12.5 Å². The summed E-state index contributed by atoms with van der Waals surface area (Å²) in [4.78, 5) is 2.22. The van der Waals surface area contributed by atoms with Gasteiger partial charge in [0.05, 0.1) is 11.7 Å². The maximum absolute atomic E-state index is 10.5. The molecule has 0 aromatic rings. The van der Waals surface area contributed by atoms with Gasteiger partial charge in [-0.3, -0.25) is 0 Å². The van der Waals surface area contributed by atoms with E-state index in [1.54, 1.807) is 0 Å². The van der Waals surface area contributed by atoms with Crippen LogP contribution in [0.1, 0.15) is 58.8 Å². The minimum Gasteiger partial charge on any atom is -0.392 e. The van der Waals surface area contributed by atoms with E-state index in [2.05, 4.69) is 49.5 Å². The van der Waals surface area contributed by atoms with Gasteiger partial charge in [-0.05, 0) is 78.0 Å². The zero-order valence-electron chi connectivity index (χ0n) is 18.0. The second-order valence-electron chi connectivity index (χ2n) is 9.30. The summed E-state index contributed by atoms with van der Waals surface area (Å²) < 4.78 is 0. The molecule has 0 spiro atoms. The second kappa shape index (κ2) is 10.8. The topological polar surface area (TPSA) is 55.7 Å². The van der Waals surface area contributed by atoms with Crippen LogP contribution >= 0.6 is 0 Å². The predicted molar refractivity (Wildman–Crippen MR) is 114 cm³/mol. The number of rotatable bonds is 12. The molecular weight excluding hydrogens is 336 g/mol. The average molecular weight is 379 g/mol. The normalized spacial score (nSPS) is 30.1. The summed E-state index contributed by atoms with van der Waals surface area (Å²) in [5.41, 5.74) is 0.889. The van der Waals surface area contributed by atoms with Crippen LogP contribution in [0.4, 0.5) is 0 Å². The van der Waals surface area contributed by atoms with Crippen LogP contribution in [-0.4, -0.2) is 60.5 Å². The lowest BCUT2D eigenvalue weighted by Crippen LogP contribution is -2.24. The molecule has 0 amide bonds. The molecular formula is C23H42N2O2. The number of unbranched alkanes of at least 4 members (excludes halogenated alkanes) is 1. The van der Waals surface area contributed by atoms with Crippen LogP contribution in [0, 0.1) is 17.8 Å². The molecule has 4 heteroatoms. The summed E-state index contributed by atoms with van der Waals surface area (Å²) in [6, 6.07) is 0. The summed E-state index contributed by atoms with van der Waals surface area (Å²) in [6.45, 7) is 7.25. The first-order valence-corrected chi connectivity index (χ1v) is 10.9. The van der Waals surface area contributed by atoms with E-state index in [0.717, 1.165) is 51.7 Å². The van der Waals surface area contributed by atoms with Gasteiger partial charge in [-0.1, -0.05) is 43.6 Å². The van der Waals surface area contributed by atoms with E-state index in [1.807, 2.05) is 6.92 Å². The van der Waals surface area contributed by atoms with Crippen molar-refractivity contribution in [2.45, 2.75) is 70.5 Å². The maximum atomic E-state index is 10.5. The van der Waals surface area contributed by atoms with E-state index in [0.29, 0.717) is 18.3 Å². The van der Waals surface area contributed by atoms with E-state index in [1.165, 1.54) is 12.0 Å². The number of allylic oxidation sites excluding steroid dienone is 1. The molecule has 1 fully saturated rings. The molecule has 5 atom stereocenters. The van der Waals surface area contributed by atoms with Crippen LogP contribution in [0.2, 0.25) is 0 Å². The minimum atomic E-state index is -0.620. The van der Waals surface area contributed by atoms with Gasteiger partial charge in [-0.2, -0.15) is 0 Å². The zero-order valence-corrected chi connectivity index (χ0v) is 18.0. The third kappa shape index (κ3) is 7.34. The van der Waals surface area contributed by atoms with Gasteiger partial charge in [-0.15, -0.1) is 0 Å². The lowest BCUT2D eigenvalue weighted by molar-refractivity contribution is 0.0513. The molecule has 0 saturated heterocycles. The van der Waals surface area contributed by atoms with Crippen LogP contribution < -0.4 is 5.32 Å². The first-order chi connectivity index (χ1) is 12.8. The highest BCUT2D eigenvalue weighted by molar-refractivity contribution is 5.21. The number of aliphatic hydroxyl groups is 2. The van der Waals surface area contributed by atoms with E-state index in [-0.39, 0.29) is 12.0 Å². The summed E-state index contributed by atoms with van der Waals surface area (Å²) in [7, 11) is 4.23. The third-order valence-corrected chi connectivity index (χ3v) is 6.25. The van der Waals surface area contributed by atoms with E-state index in [9.17, 15) is 10.2 Å². The van der Waals surface area contributed by atoms with Crippen molar-refractivity contribution in [1.29, 1.82) is 0 Å². The summed E-state index contributed by atoms with van der Waals surface area (Å²) in [6.07, 6.45) is 13.4. The fourth-order valence-corrected chi connectivity index (χ4v) is 4.64. The van der Waals surface area contributed by atoms with E-state index >= 15 is 0 Å². The largest absolute Gasteiger partial charge is 0.392 e. The van der Waals surface area contributed by atoms with Gasteiger partial charge in [0.2, 0.25) is 0 Å². The Morgan fingerprint density at radius 1 is 1.33 bits per heavy atom. The molecule has 0 radical (unpaired) electrons.